The number of fused-ring (bicyclic) bond motifs is 3. The Hall–Kier alpha value is -2.76. The third-order valence-corrected chi connectivity index (χ3v) is 12.5. The molecule has 42 heavy (non-hydrogen) atoms. The van der Waals surface area contributed by atoms with Crippen LogP contribution in [0, 0.1) is 50.7 Å². The van der Waals surface area contributed by atoms with Crippen molar-refractivity contribution in [3.05, 3.63) is 35.0 Å². The van der Waals surface area contributed by atoms with E-state index in [1.54, 1.807) is 12.2 Å². The van der Waals surface area contributed by atoms with Gasteiger partial charge in [0, 0.05) is 22.7 Å². The SMILES string of the molecule is C[C@@H]1C(=O)C(C#N)=C[C@]2(C)C3=CC(=O)[C@H](C)[C@@](C)(CCC4(c5nc(C(F)(F)F)no5)CCC(C)(C)CC4)[C@]3(C)CC[C@@H]12. The van der Waals surface area contributed by atoms with Gasteiger partial charge < -0.3 is 4.52 Å². The maximum Gasteiger partial charge on any atom is 0.455 e. The molecule has 0 radical (unpaired) electrons. The van der Waals surface area contributed by atoms with Crippen molar-refractivity contribution in [1.29, 1.82) is 5.26 Å². The highest BCUT2D eigenvalue weighted by Crippen LogP contribution is 2.69. The van der Waals surface area contributed by atoms with Crippen molar-refractivity contribution in [2.75, 3.05) is 0 Å². The highest BCUT2D eigenvalue weighted by Gasteiger charge is 2.63. The molecule has 0 saturated heterocycles. The number of rotatable bonds is 4. The predicted molar refractivity (Wildman–Crippen MR) is 150 cm³/mol. The summed E-state index contributed by atoms with van der Waals surface area (Å²) in [5.74, 6) is -1.99. The number of carbonyl (C=O) groups excluding carboxylic acids is 2. The van der Waals surface area contributed by atoms with Gasteiger partial charge in [-0.15, -0.1) is 0 Å². The van der Waals surface area contributed by atoms with Crippen molar-refractivity contribution in [2.45, 2.75) is 111 Å². The second-order valence-corrected chi connectivity index (χ2v) is 15.0. The molecule has 0 N–H and O–H groups in total. The summed E-state index contributed by atoms with van der Waals surface area (Å²) < 4.78 is 45.8. The van der Waals surface area contributed by atoms with E-state index in [1.165, 1.54) is 0 Å². The molecule has 5 rings (SSSR count). The Morgan fingerprint density at radius 3 is 2.24 bits per heavy atom. The van der Waals surface area contributed by atoms with Crippen LogP contribution in [0.15, 0.2) is 27.8 Å². The van der Waals surface area contributed by atoms with Crippen LogP contribution in [0.25, 0.3) is 0 Å². The zero-order chi connectivity index (χ0) is 31.1. The molecule has 0 bridgehead atoms. The Kier molecular flexibility index (Phi) is 7.03. The number of hydrogen-bond donors (Lipinski definition) is 0. The second-order valence-electron chi connectivity index (χ2n) is 15.0. The van der Waals surface area contributed by atoms with Crippen LogP contribution in [0.2, 0.25) is 0 Å². The van der Waals surface area contributed by atoms with E-state index in [4.69, 9.17) is 4.52 Å². The summed E-state index contributed by atoms with van der Waals surface area (Å²) in [7, 11) is 0. The number of nitrogens with zero attached hydrogens (tertiary/aromatic N) is 3. The van der Waals surface area contributed by atoms with Crippen LogP contribution in [0.1, 0.15) is 112 Å². The van der Waals surface area contributed by atoms with E-state index < -0.39 is 33.7 Å². The average molecular weight is 586 g/mol. The summed E-state index contributed by atoms with van der Waals surface area (Å²) in [5.41, 5.74) is -1.10. The number of carbonyl (C=O) groups is 2. The Bertz CT molecular complexity index is 1410. The van der Waals surface area contributed by atoms with Crippen molar-refractivity contribution < 1.29 is 27.3 Å². The fourth-order valence-electron chi connectivity index (χ4n) is 9.00. The summed E-state index contributed by atoms with van der Waals surface area (Å²) in [6.07, 6.45) is 4.44. The maximum atomic E-state index is 13.7. The minimum absolute atomic E-state index is 0.0132. The first kappa shape index (κ1) is 30.7. The fourth-order valence-corrected chi connectivity index (χ4v) is 9.00. The van der Waals surface area contributed by atoms with Gasteiger partial charge >= 0.3 is 6.18 Å². The van der Waals surface area contributed by atoms with Gasteiger partial charge in [-0.25, -0.2) is 0 Å². The number of allylic oxidation sites excluding steroid dienone is 4. The summed E-state index contributed by atoms with van der Waals surface area (Å²) in [5, 5.41) is 13.1. The van der Waals surface area contributed by atoms with Gasteiger partial charge in [-0.3, -0.25) is 9.59 Å². The highest BCUT2D eigenvalue weighted by molar-refractivity contribution is 6.02. The Morgan fingerprint density at radius 2 is 1.67 bits per heavy atom. The molecular weight excluding hydrogens is 543 g/mol. The highest BCUT2D eigenvalue weighted by atomic mass is 19.4. The number of ketones is 2. The van der Waals surface area contributed by atoms with Gasteiger partial charge in [-0.2, -0.15) is 23.4 Å². The number of halogens is 3. The molecule has 0 amide bonds. The minimum atomic E-state index is -4.69. The number of aromatic nitrogens is 2. The average Bonchev–Trinajstić information content (AvgIpc) is 3.43. The molecule has 228 valence electrons. The molecule has 2 fully saturated rings. The summed E-state index contributed by atoms with van der Waals surface area (Å²) in [6.45, 7) is 14.6. The van der Waals surface area contributed by atoms with E-state index in [2.05, 4.69) is 50.8 Å². The van der Waals surface area contributed by atoms with Crippen LogP contribution in [0.3, 0.4) is 0 Å². The standard InChI is InChI=1S/C33H42F3N3O3/c1-19-22-8-9-31(7)24(29(22,5)17-21(18-37)25(19)41)16-23(40)20(2)30(31,6)12-15-32(13-10-28(3,4)11-14-32)27-38-26(39-42-27)33(34,35)36/h16-17,19-20,22H,8-15H2,1-7H3/t19-,20-,22-,29-,30+,31+/m0/s1. The second kappa shape index (κ2) is 9.62. The summed E-state index contributed by atoms with van der Waals surface area (Å²) in [4.78, 5) is 30.5. The van der Waals surface area contributed by atoms with Gasteiger partial charge in [0.25, 0.3) is 5.82 Å². The lowest BCUT2D eigenvalue weighted by Crippen LogP contribution is -2.58. The molecule has 0 spiro atoms. The largest absolute Gasteiger partial charge is 0.455 e. The molecule has 1 aromatic rings. The number of alkyl halides is 3. The molecule has 2 saturated carbocycles. The van der Waals surface area contributed by atoms with E-state index in [9.17, 15) is 28.0 Å². The van der Waals surface area contributed by atoms with Crippen molar-refractivity contribution >= 4 is 11.6 Å². The predicted octanol–water partition coefficient (Wildman–Crippen LogP) is 7.95. The summed E-state index contributed by atoms with van der Waals surface area (Å²) in [6, 6.07) is 2.10. The van der Waals surface area contributed by atoms with Crippen LogP contribution in [-0.2, 0) is 21.2 Å². The monoisotopic (exact) mass is 585 g/mol. The molecular formula is C33H42F3N3O3. The van der Waals surface area contributed by atoms with Gasteiger partial charge in [-0.05, 0) is 79.6 Å². The third kappa shape index (κ3) is 4.42. The smallest absolute Gasteiger partial charge is 0.338 e. The van der Waals surface area contributed by atoms with Crippen LogP contribution in [0.4, 0.5) is 13.2 Å². The van der Waals surface area contributed by atoms with Crippen molar-refractivity contribution in [1.82, 2.24) is 10.1 Å². The quantitative estimate of drug-likeness (QED) is 0.356. The first-order valence-corrected chi connectivity index (χ1v) is 15.2. The van der Waals surface area contributed by atoms with Gasteiger partial charge in [0.1, 0.15) is 6.07 Å². The van der Waals surface area contributed by atoms with E-state index >= 15 is 0 Å². The van der Waals surface area contributed by atoms with E-state index in [1.807, 2.05) is 13.8 Å². The van der Waals surface area contributed by atoms with Gasteiger partial charge in [0.15, 0.2) is 11.6 Å². The van der Waals surface area contributed by atoms with Gasteiger partial charge in [-0.1, -0.05) is 65.3 Å². The molecule has 0 aromatic carbocycles. The normalized spacial score (nSPS) is 37.7. The fraction of sp³-hybridized carbons (Fsp3) is 0.727. The number of hydrogen-bond acceptors (Lipinski definition) is 6. The summed E-state index contributed by atoms with van der Waals surface area (Å²) >= 11 is 0. The first-order chi connectivity index (χ1) is 19.3. The Morgan fingerprint density at radius 1 is 1.02 bits per heavy atom. The molecule has 0 unspecified atom stereocenters. The van der Waals surface area contributed by atoms with Crippen molar-refractivity contribution in [3.8, 4) is 6.07 Å². The van der Waals surface area contributed by atoms with E-state index in [-0.39, 0.29) is 46.2 Å². The van der Waals surface area contributed by atoms with Crippen LogP contribution in [-0.4, -0.2) is 21.7 Å². The topological polar surface area (TPSA) is 96.8 Å². The molecule has 1 aromatic heterocycles. The van der Waals surface area contributed by atoms with E-state index in [0.29, 0.717) is 25.7 Å². The zero-order valence-electron chi connectivity index (χ0n) is 25.7. The number of Topliss-reactive ketones (excluding diaryl/α,β-unsaturated/α-hetero) is 1. The van der Waals surface area contributed by atoms with Crippen LogP contribution in [0.5, 0.6) is 0 Å². The molecule has 0 aliphatic heterocycles. The van der Waals surface area contributed by atoms with Gasteiger partial charge in [0.2, 0.25) is 5.89 Å². The molecule has 6 atom stereocenters. The molecule has 6 nitrogen and oxygen atoms in total. The molecule has 4 aliphatic rings. The Balaban J connectivity index is 1.55. The lowest BCUT2D eigenvalue weighted by molar-refractivity contribution is -0.146. The molecule has 1 heterocycles. The van der Waals surface area contributed by atoms with Crippen molar-refractivity contribution in [2.24, 2.45) is 39.4 Å². The zero-order valence-corrected chi connectivity index (χ0v) is 25.7. The van der Waals surface area contributed by atoms with Crippen LogP contribution >= 0.6 is 0 Å². The molecule has 4 aliphatic carbocycles. The number of nitriles is 1. The first-order valence-electron chi connectivity index (χ1n) is 15.2. The van der Waals surface area contributed by atoms with Gasteiger partial charge in [0.05, 0.1) is 5.57 Å². The van der Waals surface area contributed by atoms with Crippen LogP contribution < -0.4 is 0 Å². The molecule has 9 heteroatoms. The third-order valence-electron chi connectivity index (χ3n) is 12.5. The van der Waals surface area contributed by atoms with Crippen molar-refractivity contribution in [3.63, 3.8) is 0 Å². The Labute approximate surface area is 246 Å². The maximum absolute atomic E-state index is 13.7. The lowest BCUT2D eigenvalue weighted by atomic mass is 9.40. The lowest BCUT2D eigenvalue weighted by Gasteiger charge is -2.63. The minimum Gasteiger partial charge on any atom is -0.338 e. The van der Waals surface area contributed by atoms with E-state index in [0.717, 1.165) is 31.3 Å².